The predicted molar refractivity (Wildman–Crippen MR) is 145 cm³/mol. The molecular formula is C31H29F3N4O. The van der Waals surface area contributed by atoms with Gasteiger partial charge in [0.25, 0.3) is 0 Å². The first-order valence-corrected chi connectivity index (χ1v) is 13.7. The zero-order valence-corrected chi connectivity index (χ0v) is 21.5. The molecule has 0 bridgehead atoms. The minimum Gasteiger partial charge on any atom is -0.384 e. The molecule has 1 atom stereocenters. The second-order valence-electron chi connectivity index (χ2n) is 11.1. The third-order valence-corrected chi connectivity index (χ3v) is 8.33. The lowest BCUT2D eigenvalue weighted by atomic mass is 10.0. The second kappa shape index (κ2) is 9.14. The van der Waals surface area contributed by atoms with Crippen molar-refractivity contribution in [2.24, 2.45) is 11.8 Å². The molecule has 39 heavy (non-hydrogen) atoms. The first-order chi connectivity index (χ1) is 18.8. The van der Waals surface area contributed by atoms with Crippen LogP contribution < -0.4 is 5.32 Å². The minimum atomic E-state index is -4.43. The van der Waals surface area contributed by atoms with Crippen LogP contribution in [0, 0.1) is 11.8 Å². The fourth-order valence-corrected chi connectivity index (χ4v) is 6.04. The molecule has 1 aliphatic carbocycles. The molecule has 8 heteroatoms. The summed E-state index contributed by atoms with van der Waals surface area (Å²) in [5.74, 6) is 1.32. The number of anilines is 1. The molecular weight excluding hydrogens is 501 g/mol. The molecule has 1 aromatic heterocycles. The molecule has 1 saturated heterocycles. The van der Waals surface area contributed by atoms with Gasteiger partial charge in [0.2, 0.25) is 5.91 Å². The Morgan fingerprint density at radius 3 is 2.49 bits per heavy atom. The highest BCUT2D eigenvalue weighted by Gasteiger charge is 2.37. The molecule has 0 spiro atoms. The normalized spacial score (nSPS) is 18.9. The van der Waals surface area contributed by atoms with E-state index < -0.39 is 11.7 Å². The summed E-state index contributed by atoms with van der Waals surface area (Å²) in [5.41, 5.74) is 5.89. The summed E-state index contributed by atoms with van der Waals surface area (Å²) in [5, 5.41) is 3.39. The Bertz CT molecular complexity index is 1570. The van der Waals surface area contributed by atoms with E-state index in [1.165, 1.54) is 17.3 Å². The number of hydrogen-bond acceptors (Lipinski definition) is 3. The number of rotatable bonds is 5. The van der Waals surface area contributed by atoms with Crippen LogP contribution in [0.15, 0.2) is 60.7 Å². The smallest absolute Gasteiger partial charge is 0.384 e. The fourth-order valence-electron chi connectivity index (χ4n) is 6.04. The highest BCUT2D eigenvalue weighted by atomic mass is 19.4. The summed E-state index contributed by atoms with van der Waals surface area (Å²) in [4.78, 5) is 19.3. The Morgan fingerprint density at radius 2 is 1.72 bits per heavy atom. The van der Waals surface area contributed by atoms with Crippen molar-refractivity contribution in [1.82, 2.24) is 14.5 Å². The van der Waals surface area contributed by atoms with E-state index in [1.54, 1.807) is 0 Å². The molecule has 1 saturated carbocycles. The Balaban J connectivity index is 1.22. The van der Waals surface area contributed by atoms with Gasteiger partial charge >= 0.3 is 6.18 Å². The fraction of sp³-hybridized carbons (Fsp3) is 0.355. The quantitative estimate of drug-likeness (QED) is 0.316. The lowest BCUT2D eigenvalue weighted by Crippen LogP contribution is -2.30. The Kier molecular flexibility index (Phi) is 5.68. The number of imidazole rings is 1. The molecule has 4 aromatic rings. The summed E-state index contributed by atoms with van der Waals surface area (Å²) in [6.07, 6.45) is -0.576. The number of aromatic nitrogens is 2. The Labute approximate surface area is 224 Å². The van der Waals surface area contributed by atoms with Gasteiger partial charge in [0.05, 0.1) is 16.6 Å². The number of alkyl halides is 3. The van der Waals surface area contributed by atoms with E-state index in [0.717, 1.165) is 67.6 Å². The summed E-state index contributed by atoms with van der Waals surface area (Å²) in [7, 11) is 0. The van der Waals surface area contributed by atoms with Crippen molar-refractivity contribution < 1.29 is 18.0 Å². The molecule has 0 unspecified atom stereocenters. The van der Waals surface area contributed by atoms with E-state index >= 15 is 0 Å². The number of halogens is 3. The average Bonchev–Trinajstić information content (AvgIpc) is 3.33. The SMILES string of the molecule is O=C(C1CC1)N1CC[C@@H](Cn2c(-c3ccc(-c4ccc5c(c4)CCN5)cc3)nc3cc(C(F)(F)F)ccc32)C1. The van der Waals surface area contributed by atoms with E-state index in [2.05, 4.69) is 35.6 Å². The average molecular weight is 531 g/mol. The van der Waals surface area contributed by atoms with Gasteiger partial charge < -0.3 is 14.8 Å². The van der Waals surface area contributed by atoms with Crippen molar-refractivity contribution in [1.29, 1.82) is 0 Å². The number of fused-ring (bicyclic) bond motifs is 2. The number of carbonyl (C=O) groups excluding carboxylic acids is 1. The second-order valence-corrected chi connectivity index (χ2v) is 11.1. The molecule has 1 amide bonds. The summed E-state index contributed by atoms with van der Waals surface area (Å²) in [6.45, 7) is 2.98. The van der Waals surface area contributed by atoms with Crippen LogP contribution in [-0.2, 0) is 23.9 Å². The number of likely N-dealkylation sites (tertiary alicyclic amines) is 1. The first kappa shape index (κ1) is 24.2. The lowest BCUT2D eigenvalue weighted by Gasteiger charge is -2.18. The van der Waals surface area contributed by atoms with Gasteiger partial charge in [0.15, 0.2) is 0 Å². The van der Waals surface area contributed by atoms with E-state index in [9.17, 15) is 18.0 Å². The molecule has 2 fully saturated rings. The van der Waals surface area contributed by atoms with E-state index in [4.69, 9.17) is 4.98 Å². The van der Waals surface area contributed by atoms with Crippen molar-refractivity contribution in [3.8, 4) is 22.5 Å². The molecule has 2 aliphatic heterocycles. The summed E-state index contributed by atoms with van der Waals surface area (Å²) in [6, 6.07) is 18.3. The molecule has 5 nitrogen and oxygen atoms in total. The molecule has 3 heterocycles. The number of hydrogen-bond donors (Lipinski definition) is 1. The molecule has 7 rings (SSSR count). The maximum atomic E-state index is 13.5. The van der Waals surface area contributed by atoms with E-state index in [0.29, 0.717) is 29.9 Å². The largest absolute Gasteiger partial charge is 0.416 e. The number of amides is 1. The minimum absolute atomic E-state index is 0.189. The van der Waals surface area contributed by atoms with Crippen molar-refractivity contribution in [2.75, 3.05) is 25.0 Å². The number of carbonyl (C=O) groups is 1. The van der Waals surface area contributed by atoms with Crippen molar-refractivity contribution in [2.45, 2.75) is 38.4 Å². The maximum absolute atomic E-state index is 13.5. The summed E-state index contributed by atoms with van der Waals surface area (Å²) < 4.78 is 42.5. The number of nitrogens with zero attached hydrogens (tertiary/aromatic N) is 3. The van der Waals surface area contributed by atoms with Crippen molar-refractivity contribution in [3.63, 3.8) is 0 Å². The Hall–Kier alpha value is -3.81. The van der Waals surface area contributed by atoms with Crippen LogP contribution in [0.25, 0.3) is 33.5 Å². The van der Waals surface area contributed by atoms with E-state index in [1.807, 2.05) is 21.6 Å². The van der Waals surface area contributed by atoms with Crippen LogP contribution in [0.4, 0.5) is 18.9 Å². The topological polar surface area (TPSA) is 50.2 Å². The highest BCUT2D eigenvalue weighted by Crippen LogP contribution is 2.36. The van der Waals surface area contributed by atoms with Gasteiger partial charge in [0, 0.05) is 43.3 Å². The molecule has 0 radical (unpaired) electrons. The van der Waals surface area contributed by atoms with Crippen molar-refractivity contribution >= 4 is 22.6 Å². The molecule has 1 N–H and O–H groups in total. The Morgan fingerprint density at radius 1 is 0.949 bits per heavy atom. The zero-order chi connectivity index (χ0) is 26.7. The van der Waals surface area contributed by atoms with Crippen LogP contribution in [0.2, 0.25) is 0 Å². The van der Waals surface area contributed by atoms with Gasteiger partial charge in [-0.05, 0) is 78.6 Å². The molecule has 200 valence electrons. The van der Waals surface area contributed by atoms with Gasteiger partial charge in [-0.15, -0.1) is 0 Å². The predicted octanol–water partition coefficient (Wildman–Crippen LogP) is 6.62. The van der Waals surface area contributed by atoms with E-state index in [-0.39, 0.29) is 17.7 Å². The van der Waals surface area contributed by atoms with Crippen LogP contribution in [0.3, 0.4) is 0 Å². The third-order valence-electron chi connectivity index (χ3n) is 8.33. The van der Waals surface area contributed by atoms with Gasteiger partial charge in [-0.1, -0.05) is 30.3 Å². The molecule has 3 aromatic carbocycles. The van der Waals surface area contributed by atoms with Crippen LogP contribution in [0.5, 0.6) is 0 Å². The van der Waals surface area contributed by atoms with Crippen LogP contribution in [0.1, 0.15) is 30.4 Å². The zero-order valence-electron chi connectivity index (χ0n) is 21.5. The van der Waals surface area contributed by atoms with Gasteiger partial charge in [-0.3, -0.25) is 4.79 Å². The van der Waals surface area contributed by atoms with Gasteiger partial charge in [0.1, 0.15) is 5.82 Å². The van der Waals surface area contributed by atoms with Crippen LogP contribution in [-0.4, -0.2) is 40.0 Å². The standard InChI is InChI=1S/C31H29F3N4O/c32-31(33,34)25-8-10-28-27(16-25)36-29(38(28)18-19-12-14-37(17-19)30(39)22-5-6-22)21-3-1-20(2-4-21)23-7-9-26-24(15-23)11-13-35-26/h1-4,7-10,15-16,19,22,35H,5-6,11-14,17-18H2/t19-/m1/s1. The third kappa shape index (κ3) is 4.56. The lowest BCUT2D eigenvalue weighted by molar-refractivity contribution is -0.137. The maximum Gasteiger partial charge on any atom is 0.416 e. The first-order valence-electron chi connectivity index (χ1n) is 13.7. The monoisotopic (exact) mass is 530 g/mol. The van der Waals surface area contributed by atoms with Crippen molar-refractivity contribution in [3.05, 3.63) is 71.8 Å². The van der Waals surface area contributed by atoms with Gasteiger partial charge in [-0.2, -0.15) is 13.2 Å². The summed E-state index contributed by atoms with van der Waals surface area (Å²) >= 11 is 0. The molecule has 3 aliphatic rings. The van der Waals surface area contributed by atoms with Crippen LogP contribution >= 0.6 is 0 Å². The number of nitrogens with one attached hydrogen (secondary N) is 1. The van der Waals surface area contributed by atoms with Gasteiger partial charge in [-0.25, -0.2) is 4.98 Å². The number of benzene rings is 3. The highest BCUT2D eigenvalue weighted by molar-refractivity contribution is 5.83.